The van der Waals surface area contributed by atoms with Crippen molar-refractivity contribution in [3.8, 4) is 5.75 Å². The molecule has 0 atom stereocenters. The van der Waals surface area contributed by atoms with Gasteiger partial charge in [-0.15, -0.1) is 0 Å². The van der Waals surface area contributed by atoms with Gasteiger partial charge in [-0.3, -0.25) is 9.59 Å². The van der Waals surface area contributed by atoms with E-state index in [0.717, 1.165) is 10.2 Å². The summed E-state index contributed by atoms with van der Waals surface area (Å²) in [7, 11) is 1.60. The number of piperidine rings is 1. The van der Waals surface area contributed by atoms with E-state index in [1.165, 1.54) is 0 Å². The molecule has 1 heterocycles. The highest BCUT2D eigenvalue weighted by Gasteiger charge is 2.29. The molecule has 1 fully saturated rings. The Morgan fingerprint density at radius 3 is 2.35 bits per heavy atom. The van der Waals surface area contributed by atoms with Gasteiger partial charge in [0.25, 0.3) is 5.91 Å². The Bertz CT molecular complexity index is 814. The Kier molecular flexibility index (Phi) is 5.99. The largest absolute Gasteiger partial charge is 0.497 e. The van der Waals surface area contributed by atoms with Gasteiger partial charge in [0.15, 0.2) is 5.78 Å². The fourth-order valence-corrected chi connectivity index (χ4v) is 3.92. The van der Waals surface area contributed by atoms with Crippen LogP contribution in [0.5, 0.6) is 5.75 Å². The molecule has 1 amide bonds. The number of ketones is 1. The first-order chi connectivity index (χ1) is 12.5. The number of halogens is 2. The van der Waals surface area contributed by atoms with E-state index in [1.807, 2.05) is 0 Å². The van der Waals surface area contributed by atoms with Gasteiger partial charge in [-0.05, 0) is 55.3 Å². The van der Waals surface area contributed by atoms with E-state index in [1.54, 1.807) is 54.5 Å². The summed E-state index contributed by atoms with van der Waals surface area (Å²) in [5, 5.41) is 0.431. The molecule has 4 nitrogen and oxygen atoms in total. The monoisotopic (exact) mass is 435 g/mol. The molecule has 1 aliphatic rings. The lowest BCUT2D eigenvalue weighted by atomic mass is 9.88. The van der Waals surface area contributed by atoms with Crippen molar-refractivity contribution in [1.82, 2.24) is 4.90 Å². The van der Waals surface area contributed by atoms with Crippen LogP contribution in [-0.2, 0) is 0 Å². The highest BCUT2D eigenvalue weighted by molar-refractivity contribution is 9.10. The molecule has 26 heavy (non-hydrogen) atoms. The minimum Gasteiger partial charge on any atom is -0.497 e. The Morgan fingerprint density at radius 2 is 1.77 bits per heavy atom. The normalized spacial score (nSPS) is 15.0. The zero-order valence-electron chi connectivity index (χ0n) is 14.4. The number of hydrogen-bond donors (Lipinski definition) is 0. The van der Waals surface area contributed by atoms with Gasteiger partial charge in [-0.2, -0.15) is 0 Å². The first kappa shape index (κ1) is 18.9. The number of carbonyl (C=O) groups excluding carboxylic acids is 2. The average Bonchev–Trinajstić information content (AvgIpc) is 2.67. The lowest BCUT2D eigenvalue weighted by molar-refractivity contribution is 0.0650. The number of nitrogens with zero attached hydrogens (tertiary/aromatic N) is 1. The van der Waals surface area contributed by atoms with Crippen molar-refractivity contribution in [3.05, 3.63) is 63.1 Å². The van der Waals surface area contributed by atoms with Gasteiger partial charge in [0.2, 0.25) is 0 Å². The average molecular weight is 437 g/mol. The van der Waals surface area contributed by atoms with Crippen LogP contribution in [0.15, 0.2) is 46.9 Å². The molecule has 0 aliphatic carbocycles. The van der Waals surface area contributed by atoms with Crippen molar-refractivity contribution >= 4 is 39.2 Å². The number of benzene rings is 2. The summed E-state index contributed by atoms with van der Waals surface area (Å²) in [4.78, 5) is 27.1. The van der Waals surface area contributed by atoms with Crippen LogP contribution in [0.25, 0.3) is 0 Å². The number of hydrogen-bond acceptors (Lipinski definition) is 3. The molecule has 0 spiro atoms. The van der Waals surface area contributed by atoms with Gasteiger partial charge >= 0.3 is 0 Å². The molecule has 0 radical (unpaired) electrons. The molecule has 1 saturated heterocycles. The van der Waals surface area contributed by atoms with Crippen molar-refractivity contribution < 1.29 is 14.3 Å². The summed E-state index contributed by atoms with van der Waals surface area (Å²) in [5.74, 6) is 0.709. The molecule has 6 heteroatoms. The smallest absolute Gasteiger partial charge is 0.255 e. The van der Waals surface area contributed by atoms with Crippen LogP contribution in [0.2, 0.25) is 5.02 Å². The van der Waals surface area contributed by atoms with Crippen molar-refractivity contribution in [3.63, 3.8) is 0 Å². The third-order valence-electron chi connectivity index (χ3n) is 4.69. The second-order valence-electron chi connectivity index (χ2n) is 6.28. The van der Waals surface area contributed by atoms with Gasteiger partial charge in [-0.1, -0.05) is 27.5 Å². The lowest BCUT2D eigenvalue weighted by Gasteiger charge is -2.31. The van der Waals surface area contributed by atoms with Crippen LogP contribution in [0, 0.1) is 5.92 Å². The van der Waals surface area contributed by atoms with Crippen LogP contribution < -0.4 is 4.74 Å². The Morgan fingerprint density at radius 1 is 1.12 bits per heavy atom. The molecule has 0 unspecified atom stereocenters. The van der Waals surface area contributed by atoms with Crippen LogP contribution in [0.3, 0.4) is 0 Å². The van der Waals surface area contributed by atoms with E-state index in [2.05, 4.69) is 15.9 Å². The number of likely N-dealkylation sites (tertiary alicyclic amines) is 1. The van der Waals surface area contributed by atoms with E-state index in [9.17, 15) is 9.59 Å². The molecule has 1 aliphatic heterocycles. The van der Waals surface area contributed by atoms with Crippen LogP contribution in [-0.4, -0.2) is 36.8 Å². The van der Waals surface area contributed by atoms with Crippen LogP contribution in [0.4, 0.5) is 0 Å². The zero-order valence-corrected chi connectivity index (χ0v) is 16.7. The van der Waals surface area contributed by atoms with E-state index in [-0.39, 0.29) is 17.6 Å². The quantitative estimate of drug-likeness (QED) is 0.644. The van der Waals surface area contributed by atoms with Gasteiger partial charge in [-0.25, -0.2) is 0 Å². The molecular weight excluding hydrogens is 418 g/mol. The second-order valence-corrected chi connectivity index (χ2v) is 7.61. The highest BCUT2D eigenvalue weighted by Crippen LogP contribution is 2.27. The summed E-state index contributed by atoms with van der Waals surface area (Å²) >= 11 is 9.53. The van der Waals surface area contributed by atoms with Gasteiger partial charge < -0.3 is 9.64 Å². The molecule has 0 saturated carbocycles. The third kappa shape index (κ3) is 4.10. The number of Topliss-reactive ketones (excluding diaryl/α,β-unsaturated/α-hetero) is 1. The Hall–Kier alpha value is -1.85. The number of methoxy groups -OCH3 is 1. The van der Waals surface area contributed by atoms with E-state index >= 15 is 0 Å². The predicted octanol–water partition coefficient (Wildman–Crippen LogP) is 4.85. The lowest BCUT2D eigenvalue weighted by Crippen LogP contribution is -2.40. The maximum absolute atomic E-state index is 12.7. The van der Waals surface area contributed by atoms with Gasteiger partial charge in [0, 0.05) is 29.0 Å². The summed E-state index contributed by atoms with van der Waals surface area (Å²) in [6.07, 6.45) is 1.31. The maximum Gasteiger partial charge on any atom is 0.255 e. The predicted molar refractivity (Wildman–Crippen MR) is 105 cm³/mol. The minimum absolute atomic E-state index is 0.0622. The zero-order chi connectivity index (χ0) is 18.7. The van der Waals surface area contributed by atoms with E-state index in [0.29, 0.717) is 42.1 Å². The Labute approximate surface area is 166 Å². The summed E-state index contributed by atoms with van der Waals surface area (Å²) < 4.78 is 5.96. The summed E-state index contributed by atoms with van der Waals surface area (Å²) in [6, 6.07) is 12.4. The number of carbonyl (C=O) groups is 2. The fourth-order valence-electron chi connectivity index (χ4n) is 3.17. The van der Waals surface area contributed by atoms with E-state index in [4.69, 9.17) is 16.3 Å². The molecular formula is C20H19BrClNO3. The fraction of sp³-hybridized carbons (Fsp3) is 0.300. The second kappa shape index (κ2) is 8.23. The molecule has 2 aromatic rings. The molecule has 2 aromatic carbocycles. The Balaban J connectivity index is 1.63. The number of rotatable bonds is 4. The topological polar surface area (TPSA) is 46.6 Å². The van der Waals surface area contributed by atoms with Crippen molar-refractivity contribution in [2.24, 2.45) is 5.92 Å². The molecule has 0 N–H and O–H groups in total. The highest BCUT2D eigenvalue weighted by atomic mass is 79.9. The third-order valence-corrected chi connectivity index (χ3v) is 5.49. The molecule has 3 rings (SSSR count). The van der Waals surface area contributed by atoms with Crippen LogP contribution >= 0.6 is 27.5 Å². The van der Waals surface area contributed by atoms with Crippen molar-refractivity contribution in [2.75, 3.05) is 20.2 Å². The standard InChI is InChI=1S/C20H19BrClNO3/c1-26-16-5-2-13(3-6-16)19(24)14-8-10-23(11-9-14)20(25)17-7-4-15(21)12-18(17)22/h2-7,12,14H,8-11H2,1H3. The first-order valence-electron chi connectivity index (χ1n) is 8.42. The van der Waals surface area contributed by atoms with Crippen molar-refractivity contribution in [2.45, 2.75) is 12.8 Å². The minimum atomic E-state index is -0.0853. The first-order valence-corrected chi connectivity index (χ1v) is 9.59. The molecule has 136 valence electrons. The number of ether oxygens (including phenoxy) is 1. The number of amides is 1. The van der Waals surface area contributed by atoms with Gasteiger partial charge in [0.05, 0.1) is 17.7 Å². The van der Waals surface area contributed by atoms with Crippen molar-refractivity contribution in [1.29, 1.82) is 0 Å². The van der Waals surface area contributed by atoms with E-state index < -0.39 is 0 Å². The molecule has 0 aromatic heterocycles. The summed E-state index contributed by atoms with van der Waals surface area (Å²) in [5.41, 5.74) is 1.18. The SMILES string of the molecule is COc1ccc(C(=O)C2CCN(C(=O)c3ccc(Br)cc3Cl)CC2)cc1. The van der Waals surface area contributed by atoms with Gasteiger partial charge in [0.1, 0.15) is 5.75 Å². The molecule has 0 bridgehead atoms. The maximum atomic E-state index is 12.7. The summed E-state index contributed by atoms with van der Waals surface area (Å²) in [6.45, 7) is 1.11. The van der Waals surface area contributed by atoms with Crippen LogP contribution in [0.1, 0.15) is 33.6 Å².